The number of ether oxygens (including phenoxy) is 1. The Kier molecular flexibility index (Phi) is 4.77. The molecule has 0 radical (unpaired) electrons. The molecule has 1 N–H and O–H groups in total. The fourth-order valence-corrected chi connectivity index (χ4v) is 2.33. The van der Waals surface area contributed by atoms with E-state index < -0.39 is 23.4 Å². The predicted octanol–water partition coefficient (Wildman–Crippen LogP) is 2.93. The topological polar surface area (TPSA) is 112 Å². The third-order valence-corrected chi connectivity index (χ3v) is 3.66. The van der Waals surface area contributed by atoms with E-state index in [2.05, 4.69) is 10.5 Å². The summed E-state index contributed by atoms with van der Waals surface area (Å²) >= 11 is 5.84. The van der Waals surface area contributed by atoms with Gasteiger partial charge in [0.05, 0.1) is 5.39 Å². The monoisotopic (exact) mass is 376 g/mol. The van der Waals surface area contributed by atoms with Crippen molar-refractivity contribution in [1.29, 1.82) is 0 Å². The molecule has 8 nitrogen and oxygen atoms in total. The Balaban J connectivity index is 1.74. The summed E-state index contributed by atoms with van der Waals surface area (Å²) in [6.45, 7) is 3.04. The Morgan fingerprint density at radius 2 is 2.04 bits per heavy atom. The number of halogens is 1. The van der Waals surface area contributed by atoms with Crippen molar-refractivity contribution >= 4 is 40.3 Å². The number of benzene rings is 1. The van der Waals surface area contributed by atoms with Crippen LogP contribution in [0, 0.1) is 6.92 Å². The molecule has 2 heterocycles. The normalized spacial score (nSPS) is 12.0. The zero-order valence-electron chi connectivity index (χ0n) is 13.7. The molecule has 0 aliphatic heterocycles. The average Bonchev–Trinajstić information content (AvgIpc) is 3.00. The summed E-state index contributed by atoms with van der Waals surface area (Å²) in [5.41, 5.74) is -0.264. The molecule has 0 fully saturated rings. The number of carbonyl (C=O) groups excluding carboxylic acids is 2. The maximum absolute atomic E-state index is 12.2. The lowest BCUT2D eigenvalue weighted by molar-refractivity contribution is -0.123. The molecule has 134 valence electrons. The van der Waals surface area contributed by atoms with Crippen LogP contribution in [-0.2, 0) is 9.53 Å². The van der Waals surface area contributed by atoms with Crippen LogP contribution in [0.4, 0.5) is 5.82 Å². The van der Waals surface area contributed by atoms with Gasteiger partial charge in [0.15, 0.2) is 17.4 Å². The minimum Gasteiger partial charge on any atom is -0.449 e. The first kappa shape index (κ1) is 17.7. The van der Waals surface area contributed by atoms with Gasteiger partial charge < -0.3 is 19.0 Å². The van der Waals surface area contributed by atoms with Crippen molar-refractivity contribution in [2.75, 3.05) is 5.32 Å². The standard InChI is InChI=1S/C17H13ClN2O6/c1-8-5-15(20-26-8)19-16(22)9(2)24-17(23)14-7-12(21)11-6-10(18)3-4-13(11)25-14/h3-7,9H,1-2H3,(H,19,20,22)/t9-/m0/s1. The largest absolute Gasteiger partial charge is 0.449 e. The summed E-state index contributed by atoms with van der Waals surface area (Å²) in [5, 5.41) is 6.66. The average molecular weight is 377 g/mol. The van der Waals surface area contributed by atoms with Gasteiger partial charge in [0.1, 0.15) is 11.3 Å². The van der Waals surface area contributed by atoms with Gasteiger partial charge in [-0.3, -0.25) is 9.59 Å². The highest BCUT2D eigenvalue weighted by Gasteiger charge is 2.22. The maximum Gasteiger partial charge on any atom is 0.375 e. The Morgan fingerprint density at radius 3 is 2.73 bits per heavy atom. The highest BCUT2D eigenvalue weighted by atomic mass is 35.5. The van der Waals surface area contributed by atoms with Gasteiger partial charge in [0, 0.05) is 17.2 Å². The molecule has 0 spiro atoms. The molecule has 0 aliphatic rings. The molecular weight excluding hydrogens is 364 g/mol. The van der Waals surface area contributed by atoms with Gasteiger partial charge in [0.2, 0.25) is 5.76 Å². The minimum atomic E-state index is -1.15. The highest BCUT2D eigenvalue weighted by molar-refractivity contribution is 6.31. The number of anilines is 1. The van der Waals surface area contributed by atoms with Crippen LogP contribution in [-0.4, -0.2) is 23.1 Å². The van der Waals surface area contributed by atoms with Gasteiger partial charge in [-0.1, -0.05) is 16.8 Å². The third kappa shape index (κ3) is 3.75. The van der Waals surface area contributed by atoms with Gasteiger partial charge in [-0.15, -0.1) is 0 Å². The van der Waals surface area contributed by atoms with Crippen LogP contribution in [0.5, 0.6) is 0 Å². The number of amides is 1. The molecule has 3 aromatic rings. The molecule has 9 heteroatoms. The second kappa shape index (κ2) is 7.01. The van der Waals surface area contributed by atoms with Gasteiger partial charge in [0.25, 0.3) is 5.91 Å². The summed E-state index contributed by atoms with van der Waals surface area (Å²) in [7, 11) is 0. The second-order valence-corrected chi connectivity index (χ2v) is 5.91. The maximum atomic E-state index is 12.2. The van der Waals surface area contributed by atoms with Crippen molar-refractivity contribution in [2.24, 2.45) is 0 Å². The SMILES string of the molecule is Cc1cc(NC(=O)[C@H](C)OC(=O)c2cc(=O)c3cc(Cl)ccc3o2)no1. The van der Waals surface area contributed by atoms with Crippen LogP contribution in [0.25, 0.3) is 11.0 Å². The minimum absolute atomic E-state index is 0.184. The molecule has 0 aliphatic carbocycles. The van der Waals surface area contributed by atoms with Gasteiger partial charge in [-0.05, 0) is 32.0 Å². The van der Waals surface area contributed by atoms with Crippen LogP contribution >= 0.6 is 11.6 Å². The lowest BCUT2D eigenvalue weighted by atomic mass is 10.2. The number of rotatable bonds is 4. The smallest absolute Gasteiger partial charge is 0.375 e. The number of carbonyl (C=O) groups is 2. The zero-order valence-corrected chi connectivity index (χ0v) is 14.5. The van der Waals surface area contributed by atoms with Crippen molar-refractivity contribution < 1.29 is 23.3 Å². The Hall–Kier alpha value is -3.13. The quantitative estimate of drug-likeness (QED) is 0.696. The van der Waals surface area contributed by atoms with E-state index in [1.807, 2.05) is 0 Å². The van der Waals surface area contributed by atoms with Gasteiger partial charge in [-0.2, -0.15) is 0 Å². The number of hydrogen-bond donors (Lipinski definition) is 1. The number of aromatic nitrogens is 1. The van der Waals surface area contributed by atoms with E-state index in [4.69, 9.17) is 25.3 Å². The summed E-state index contributed by atoms with van der Waals surface area (Å²) in [5.74, 6) is -1.16. The van der Waals surface area contributed by atoms with E-state index in [-0.39, 0.29) is 22.5 Å². The first-order valence-corrected chi connectivity index (χ1v) is 7.90. The van der Waals surface area contributed by atoms with Crippen molar-refractivity contribution in [3.63, 3.8) is 0 Å². The number of nitrogens with one attached hydrogen (secondary N) is 1. The summed E-state index contributed by atoms with van der Waals surface area (Å²) < 4.78 is 15.2. The molecule has 1 aromatic carbocycles. The molecule has 0 saturated heterocycles. The molecule has 1 atom stereocenters. The van der Waals surface area contributed by atoms with Crippen LogP contribution in [0.3, 0.4) is 0 Å². The van der Waals surface area contributed by atoms with E-state index >= 15 is 0 Å². The number of fused-ring (bicyclic) bond motifs is 1. The van der Waals surface area contributed by atoms with Gasteiger partial charge >= 0.3 is 5.97 Å². The molecule has 2 aromatic heterocycles. The Bertz CT molecular complexity index is 1050. The van der Waals surface area contributed by atoms with E-state index in [1.54, 1.807) is 6.92 Å². The predicted molar refractivity (Wildman–Crippen MR) is 92.2 cm³/mol. The first-order valence-electron chi connectivity index (χ1n) is 7.52. The van der Waals surface area contributed by atoms with Crippen molar-refractivity contribution in [3.05, 3.63) is 57.1 Å². The van der Waals surface area contributed by atoms with Crippen LogP contribution in [0.1, 0.15) is 23.2 Å². The number of nitrogens with zero attached hydrogens (tertiary/aromatic N) is 1. The van der Waals surface area contributed by atoms with Crippen molar-refractivity contribution in [1.82, 2.24) is 5.16 Å². The fourth-order valence-electron chi connectivity index (χ4n) is 2.15. The lowest BCUT2D eigenvalue weighted by Gasteiger charge is -2.11. The molecule has 0 saturated carbocycles. The van der Waals surface area contributed by atoms with Crippen LogP contribution in [0.2, 0.25) is 5.02 Å². The third-order valence-electron chi connectivity index (χ3n) is 3.42. The van der Waals surface area contributed by atoms with Crippen LogP contribution < -0.4 is 10.7 Å². The van der Waals surface area contributed by atoms with E-state index in [9.17, 15) is 14.4 Å². The molecule has 3 rings (SSSR count). The highest BCUT2D eigenvalue weighted by Crippen LogP contribution is 2.18. The van der Waals surface area contributed by atoms with Gasteiger partial charge in [-0.25, -0.2) is 4.79 Å². The number of esters is 1. The molecule has 0 unspecified atom stereocenters. The summed E-state index contributed by atoms with van der Waals surface area (Å²) in [4.78, 5) is 36.3. The number of aryl methyl sites for hydroxylation is 1. The summed E-state index contributed by atoms with van der Waals surface area (Å²) in [6, 6.07) is 6.94. The Labute approximate surface area is 151 Å². The van der Waals surface area contributed by atoms with E-state index in [1.165, 1.54) is 31.2 Å². The van der Waals surface area contributed by atoms with Crippen molar-refractivity contribution in [2.45, 2.75) is 20.0 Å². The fraction of sp³-hybridized carbons (Fsp3) is 0.176. The lowest BCUT2D eigenvalue weighted by Crippen LogP contribution is -2.30. The van der Waals surface area contributed by atoms with Crippen LogP contribution in [0.15, 0.2) is 44.1 Å². The second-order valence-electron chi connectivity index (χ2n) is 5.47. The summed E-state index contributed by atoms with van der Waals surface area (Å²) in [6.07, 6.45) is -1.15. The number of hydrogen-bond acceptors (Lipinski definition) is 7. The molecule has 0 bridgehead atoms. The van der Waals surface area contributed by atoms with E-state index in [0.29, 0.717) is 10.8 Å². The zero-order chi connectivity index (χ0) is 18.8. The molecule has 26 heavy (non-hydrogen) atoms. The Morgan fingerprint density at radius 1 is 1.27 bits per heavy atom. The first-order chi connectivity index (χ1) is 12.3. The van der Waals surface area contributed by atoms with Crippen molar-refractivity contribution in [3.8, 4) is 0 Å². The molecule has 1 amide bonds. The molecular formula is C17H13ClN2O6. The van der Waals surface area contributed by atoms with E-state index in [0.717, 1.165) is 6.07 Å².